The van der Waals surface area contributed by atoms with Crippen LogP contribution in [0.3, 0.4) is 0 Å². The standard InChI is InChI=1S/C24H18I.C4HF9O3S/c1-4-11-19(12-5-1)22-17-10-18-23(25-21-15-8-3-9-16-21)24(22)20-13-6-2-7-14-20;5-1(6,3(9,10)11)2(7,8)4(12,13)17(14,15)16/h1-18H;(H,14,15,16)/q+1;/p-1. The van der Waals surface area contributed by atoms with E-state index < -0.39 is 33.4 Å². The highest BCUT2D eigenvalue weighted by Crippen LogP contribution is 2.54. The van der Waals surface area contributed by atoms with Gasteiger partial charge < -0.3 is 4.55 Å². The van der Waals surface area contributed by atoms with E-state index in [-0.39, 0.29) is 21.2 Å². The lowest BCUT2D eigenvalue weighted by atomic mass is 9.95. The van der Waals surface area contributed by atoms with Gasteiger partial charge in [0.05, 0.1) is 0 Å². The molecule has 14 heteroatoms. The van der Waals surface area contributed by atoms with Crippen molar-refractivity contribution in [2.75, 3.05) is 0 Å². The van der Waals surface area contributed by atoms with Crippen molar-refractivity contribution >= 4 is 10.1 Å². The SMILES string of the molecule is O=S(=O)([O-])C(F)(F)C(F)(F)C(F)(F)C(F)(F)F.c1ccc([I+]c2cccc(-c3ccccc3)c2-c2ccccc2)cc1. The van der Waals surface area contributed by atoms with Gasteiger partial charge in [0.1, 0.15) is 0 Å². The highest BCUT2D eigenvalue weighted by Gasteiger charge is 2.83. The third kappa shape index (κ3) is 6.92. The van der Waals surface area contributed by atoms with E-state index in [4.69, 9.17) is 0 Å². The minimum Gasteiger partial charge on any atom is -0.743 e. The fourth-order valence-corrected chi connectivity index (χ4v) is 6.62. The zero-order valence-electron chi connectivity index (χ0n) is 20.8. The van der Waals surface area contributed by atoms with Crippen molar-refractivity contribution in [2.45, 2.75) is 23.3 Å². The van der Waals surface area contributed by atoms with Gasteiger partial charge in [-0.1, -0.05) is 91.0 Å². The molecule has 0 atom stereocenters. The smallest absolute Gasteiger partial charge is 0.460 e. The van der Waals surface area contributed by atoms with Gasteiger partial charge in [-0.05, 0) is 34.9 Å². The summed E-state index contributed by atoms with van der Waals surface area (Å²) in [6.45, 7) is 0. The first-order chi connectivity index (χ1) is 19.4. The molecule has 4 rings (SSSR count). The van der Waals surface area contributed by atoms with Crippen LogP contribution in [0.4, 0.5) is 39.5 Å². The molecule has 0 saturated heterocycles. The molecule has 0 spiro atoms. The van der Waals surface area contributed by atoms with E-state index in [1.54, 1.807) is 0 Å². The van der Waals surface area contributed by atoms with Gasteiger partial charge in [-0.3, -0.25) is 0 Å². The maximum absolute atomic E-state index is 12.2. The van der Waals surface area contributed by atoms with E-state index in [0.29, 0.717) is 0 Å². The number of benzene rings is 4. The van der Waals surface area contributed by atoms with Crippen LogP contribution >= 0.6 is 0 Å². The Morgan fingerprint density at radius 1 is 0.548 bits per heavy atom. The minimum atomic E-state index is -7.43. The highest BCUT2D eigenvalue weighted by molar-refractivity contribution is 7.86. The van der Waals surface area contributed by atoms with E-state index >= 15 is 0 Å². The molecule has 0 heterocycles. The Bertz CT molecular complexity index is 1580. The molecular formula is C28H18F9IO3S. The summed E-state index contributed by atoms with van der Waals surface area (Å²) in [7, 11) is -7.42. The van der Waals surface area contributed by atoms with Crippen molar-refractivity contribution in [3.05, 3.63) is 116 Å². The Morgan fingerprint density at radius 2 is 1.00 bits per heavy atom. The van der Waals surface area contributed by atoms with Crippen molar-refractivity contribution in [3.8, 4) is 22.3 Å². The van der Waals surface area contributed by atoms with Crippen molar-refractivity contribution < 1.29 is 73.7 Å². The second-order valence-electron chi connectivity index (χ2n) is 8.40. The molecule has 3 nitrogen and oxygen atoms in total. The van der Waals surface area contributed by atoms with Crippen molar-refractivity contribution in [2.24, 2.45) is 0 Å². The van der Waals surface area contributed by atoms with Crippen LogP contribution in [-0.2, 0) is 10.1 Å². The maximum atomic E-state index is 12.2. The average Bonchev–Trinajstić information content (AvgIpc) is 2.93. The largest absolute Gasteiger partial charge is 0.743 e. The van der Waals surface area contributed by atoms with Crippen LogP contribution in [0.1, 0.15) is 0 Å². The number of rotatable bonds is 7. The van der Waals surface area contributed by atoms with Gasteiger partial charge in [-0.15, -0.1) is 0 Å². The van der Waals surface area contributed by atoms with Crippen LogP contribution in [0.15, 0.2) is 109 Å². The molecule has 4 aromatic carbocycles. The van der Waals surface area contributed by atoms with E-state index in [0.717, 1.165) is 0 Å². The number of hydrogen-bond acceptors (Lipinski definition) is 3. The molecule has 0 bridgehead atoms. The fraction of sp³-hybridized carbons (Fsp3) is 0.143. The van der Waals surface area contributed by atoms with Crippen LogP contribution in [0.2, 0.25) is 0 Å². The van der Waals surface area contributed by atoms with Crippen molar-refractivity contribution in [3.63, 3.8) is 0 Å². The molecule has 4 aromatic rings. The number of hydrogen-bond donors (Lipinski definition) is 0. The van der Waals surface area contributed by atoms with Crippen LogP contribution in [0.5, 0.6) is 0 Å². The number of alkyl halides is 9. The van der Waals surface area contributed by atoms with E-state index in [2.05, 4.69) is 109 Å². The van der Waals surface area contributed by atoms with Crippen LogP contribution in [0.25, 0.3) is 22.3 Å². The summed E-state index contributed by atoms with van der Waals surface area (Å²) in [6.07, 6.45) is -7.16. The van der Waals surface area contributed by atoms with Crippen molar-refractivity contribution in [1.29, 1.82) is 0 Å². The lowest BCUT2D eigenvalue weighted by molar-refractivity contribution is -0.596. The summed E-state index contributed by atoms with van der Waals surface area (Å²) in [4.78, 5) is 0. The first kappa shape index (κ1) is 33.4. The summed E-state index contributed by atoms with van der Waals surface area (Å²) in [5.74, 6) is -14.8. The third-order valence-corrected chi connectivity index (χ3v) is 9.24. The Morgan fingerprint density at radius 3 is 1.45 bits per heavy atom. The fourth-order valence-electron chi connectivity index (χ4n) is 3.47. The van der Waals surface area contributed by atoms with Gasteiger partial charge in [-0.2, -0.15) is 39.5 Å². The van der Waals surface area contributed by atoms with Gasteiger partial charge in [0.25, 0.3) is 0 Å². The molecule has 0 aliphatic heterocycles. The van der Waals surface area contributed by atoms with Gasteiger partial charge in [0.2, 0.25) is 3.57 Å². The third-order valence-electron chi connectivity index (χ3n) is 5.53. The summed E-state index contributed by atoms with van der Waals surface area (Å²) in [5, 5.41) is -7.11. The topological polar surface area (TPSA) is 57.2 Å². The molecular weight excluding hydrogens is 714 g/mol. The summed E-state index contributed by atoms with van der Waals surface area (Å²) in [5.41, 5.74) is 5.28. The number of halogens is 10. The lowest BCUT2D eigenvalue weighted by Gasteiger charge is -2.34. The van der Waals surface area contributed by atoms with Crippen LogP contribution < -0.4 is 21.2 Å². The summed E-state index contributed by atoms with van der Waals surface area (Å²) >= 11 is -0.228. The molecule has 0 aliphatic rings. The molecule has 0 aromatic heterocycles. The second-order valence-corrected chi connectivity index (χ2v) is 12.8. The second kappa shape index (κ2) is 12.6. The average molecular weight is 732 g/mol. The first-order valence-electron chi connectivity index (χ1n) is 11.5. The van der Waals surface area contributed by atoms with E-state index in [1.165, 1.54) is 29.4 Å². The molecule has 0 radical (unpaired) electrons. The highest BCUT2D eigenvalue weighted by atomic mass is 127. The van der Waals surface area contributed by atoms with E-state index in [1.807, 2.05) is 0 Å². The van der Waals surface area contributed by atoms with Crippen molar-refractivity contribution in [1.82, 2.24) is 0 Å². The molecule has 42 heavy (non-hydrogen) atoms. The zero-order valence-corrected chi connectivity index (χ0v) is 23.8. The molecule has 0 unspecified atom stereocenters. The Hall–Kier alpha value is -3.11. The predicted molar refractivity (Wildman–Crippen MR) is 132 cm³/mol. The normalized spacial score (nSPS) is 12.8. The maximum Gasteiger partial charge on any atom is 0.460 e. The zero-order chi connectivity index (χ0) is 31.4. The lowest BCUT2D eigenvalue weighted by Crippen LogP contribution is -3.61. The molecule has 0 fully saturated rings. The van der Waals surface area contributed by atoms with E-state index in [9.17, 15) is 52.5 Å². The molecule has 224 valence electrons. The Kier molecular flexibility index (Phi) is 10.0. The van der Waals surface area contributed by atoms with Gasteiger partial charge in [0.15, 0.2) is 13.7 Å². The first-order valence-corrected chi connectivity index (χ1v) is 15.1. The molecule has 0 amide bonds. The van der Waals surface area contributed by atoms with Gasteiger partial charge in [-0.25, -0.2) is 8.42 Å². The summed E-state index contributed by atoms with van der Waals surface area (Å²) in [6, 6.07) is 39.1. The Labute approximate surface area is 245 Å². The van der Waals surface area contributed by atoms with Crippen LogP contribution in [-0.4, -0.2) is 36.2 Å². The Balaban J connectivity index is 0.000000252. The van der Waals surface area contributed by atoms with Crippen LogP contribution in [0, 0.1) is 7.14 Å². The molecule has 0 N–H and O–H groups in total. The molecule has 0 aliphatic carbocycles. The minimum absolute atomic E-state index is 0.228. The van der Waals surface area contributed by atoms with Gasteiger partial charge >= 0.3 is 44.5 Å². The molecule has 0 saturated carbocycles. The van der Waals surface area contributed by atoms with Gasteiger partial charge in [0, 0.05) is 5.56 Å². The summed E-state index contributed by atoms with van der Waals surface area (Å²) < 4.78 is 138. The predicted octanol–water partition coefficient (Wildman–Crippen LogP) is 5.11. The quantitative estimate of drug-likeness (QED) is 0.151. The monoisotopic (exact) mass is 732 g/mol.